The van der Waals surface area contributed by atoms with E-state index in [0.29, 0.717) is 6.61 Å². The molecule has 1 saturated heterocycles. The molecule has 2 unspecified atom stereocenters. The standard InChI is InChI=1S/C9H18N2O3/c1-13-8(5-10)9(12)11-7-3-2-4-14-6-7/h7-8H,2-6,10H2,1H3,(H,11,12). The Labute approximate surface area is 83.9 Å². The van der Waals surface area contributed by atoms with Gasteiger partial charge in [-0.05, 0) is 12.8 Å². The Morgan fingerprint density at radius 3 is 3.07 bits per heavy atom. The number of rotatable bonds is 4. The summed E-state index contributed by atoms with van der Waals surface area (Å²) in [6, 6.07) is 0.112. The second-order valence-electron chi connectivity index (χ2n) is 3.38. The molecule has 2 atom stereocenters. The first kappa shape index (κ1) is 11.4. The molecule has 1 heterocycles. The van der Waals surface area contributed by atoms with E-state index in [0.717, 1.165) is 19.4 Å². The smallest absolute Gasteiger partial charge is 0.250 e. The summed E-state index contributed by atoms with van der Waals surface area (Å²) in [6.45, 7) is 1.58. The van der Waals surface area contributed by atoms with Crippen LogP contribution in [-0.2, 0) is 14.3 Å². The molecule has 1 rings (SSSR count). The van der Waals surface area contributed by atoms with Crippen molar-refractivity contribution < 1.29 is 14.3 Å². The molecule has 1 aliphatic rings. The van der Waals surface area contributed by atoms with Gasteiger partial charge in [-0.2, -0.15) is 0 Å². The monoisotopic (exact) mass is 202 g/mol. The molecular formula is C9H18N2O3. The van der Waals surface area contributed by atoms with E-state index in [9.17, 15) is 4.79 Å². The number of amides is 1. The highest BCUT2D eigenvalue weighted by atomic mass is 16.5. The predicted molar refractivity (Wildman–Crippen MR) is 51.8 cm³/mol. The van der Waals surface area contributed by atoms with Gasteiger partial charge in [-0.15, -0.1) is 0 Å². The van der Waals surface area contributed by atoms with Crippen molar-refractivity contribution in [3.8, 4) is 0 Å². The van der Waals surface area contributed by atoms with E-state index in [2.05, 4.69) is 5.32 Å². The van der Waals surface area contributed by atoms with Gasteiger partial charge >= 0.3 is 0 Å². The van der Waals surface area contributed by atoms with Crippen LogP contribution in [0.15, 0.2) is 0 Å². The maximum atomic E-state index is 11.5. The van der Waals surface area contributed by atoms with Crippen LogP contribution in [0.5, 0.6) is 0 Å². The molecule has 0 radical (unpaired) electrons. The number of ether oxygens (including phenoxy) is 2. The fraction of sp³-hybridized carbons (Fsp3) is 0.889. The van der Waals surface area contributed by atoms with Crippen LogP contribution in [0.3, 0.4) is 0 Å². The van der Waals surface area contributed by atoms with Crippen LogP contribution in [0, 0.1) is 0 Å². The van der Waals surface area contributed by atoms with E-state index in [4.69, 9.17) is 15.2 Å². The van der Waals surface area contributed by atoms with Crippen molar-refractivity contribution in [2.45, 2.75) is 25.0 Å². The van der Waals surface area contributed by atoms with Crippen molar-refractivity contribution >= 4 is 5.91 Å². The van der Waals surface area contributed by atoms with Gasteiger partial charge in [0.1, 0.15) is 6.10 Å². The molecule has 0 saturated carbocycles. The molecule has 82 valence electrons. The van der Waals surface area contributed by atoms with Crippen LogP contribution in [0.2, 0.25) is 0 Å². The Hall–Kier alpha value is -0.650. The molecule has 0 bridgehead atoms. The van der Waals surface area contributed by atoms with E-state index >= 15 is 0 Å². The van der Waals surface area contributed by atoms with Gasteiger partial charge < -0.3 is 20.5 Å². The Balaban J connectivity index is 2.30. The number of carbonyl (C=O) groups excluding carboxylic acids is 1. The van der Waals surface area contributed by atoms with Gasteiger partial charge in [-0.3, -0.25) is 4.79 Å². The third kappa shape index (κ3) is 3.25. The van der Waals surface area contributed by atoms with Crippen molar-refractivity contribution in [1.82, 2.24) is 5.32 Å². The quantitative estimate of drug-likeness (QED) is 0.629. The van der Waals surface area contributed by atoms with E-state index < -0.39 is 6.10 Å². The molecule has 1 fully saturated rings. The molecule has 0 aromatic rings. The van der Waals surface area contributed by atoms with E-state index in [1.807, 2.05) is 0 Å². The van der Waals surface area contributed by atoms with Crippen LogP contribution in [0.4, 0.5) is 0 Å². The van der Waals surface area contributed by atoms with Crippen LogP contribution in [0.25, 0.3) is 0 Å². The zero-order valence-corrected chi connectivity index (χ0v) is 8.49. The van der Waals surface area contributed by atoms with Crippen LogP contribution < -0.4 is 11.1 Å². The first-order chi connectivity index (χ1) is 6.77. The van der Waals surface area contributed by atoms with Gasteiger partial charge in [0.15, 0.2) is 0 Å². The number of hydrogen-bond donors (Lipinski definition) is 2. The lowest BCUT2D eigenvalue weighted by Crippen LogP contribution is -2.47. The zero-order valence-electron chi connectivity index (χ0n) is 8.49. The normalized spacial score (nSPS) is 24.3. The van der Waals surface area contributed by atoms with Crippen LogP contribution in [-0.4, -0.2) is 44.9 Å². The molecule has 3 N–H and O–H groups in total. The minimum Gasteiger partial charge on any atom is -0.379 e. The topological polar surface area (TPSA) is 73.6 Å². The Morgan fingerprint density at radius 1 is 1.79 bits per heavy atom. The molecular weight excluding hydrogens is 184 g/mol. The van der Waals surface area contributed by atoms with Crippen LogP contribution >= 0.6 is 0 Å². The molecule has 1 amide bonds. The van der Waals surface area contributed by atoms with Crippen molar-refractivity contribution in [3.63, 3.8) is 0 Å². The average molecular weight is 202 g/mol. The predicted octanol–water partition coefficient (Wildman–Crippen LogP) is -0.745. The van der Waals surface area contributed by atoms with Gasteiger partial charge in [0.2, 0.25) is 0 Å². The maximum absolute atomic E-state index is 11.5. The van der Waals surface area contributed by atoms with Crippen molar-refractivity contribution in [2.24, 2.45) is 5.73 Å². The highest BCUT2D eigenvalue weighted by Gasteiger charge is 2.21. The molecule has 0 spiro atoms. The number of nitrogens with two attached hydrogens (primary N) is 1. The van der Waals surface area contributed by atoms with E-state index in [1.165, 1.54) is 7.11 Å². The molecule has 0 aliphatic carbocycles. The van der Waals surface area contributed by atoms with E-state index in [1.54, 1.807) is 0 Å². The Morgan fingerprint density at radius 2 is 2.57 bits per heavy atom. The SMILES string of the molecule is COC(CN)C(=O)NC1CCCOC1. The fourth-order valence-electron chi connectivity index (χ4n) is 1.46. The molecule has 5 heteroatoms. The lowest BCUT2D eigenvalue weighted by Gasteiger charge is -2.24. The average Bonchev–Trinajstić information content (AvgIpc) is 2.21. The highest BCUT2D eigenvalue weighted by molar-refractivity contribution is 5.81. The largest absolute Gasteiger partial charge is 0.379 e. The summed E-state index contributed by atoms with van der Waals surface area (Å²) in [5.74, 6) is -0.148. The third-order valence-corrected chi connectivity index (χ3v) is 2.30. The third-order valence-electron chi connectivity index (χ3n) is 2.30. The Kier molecular flexibility index (Phi) is 4.86. The minimum absolute atomic E-state index is 0.112. The van der Waals surface area contributed by atoms with Crippen molar-refractivity contribution in [3.05, 3.63) is 0 Å². The van der Waals surface area contributed by atoms with Gasteiger partial charge in [0.05, 0.1) is 12.6 Å². The number of methoxy groups -OCH3 is 1. The van der Waals surface area contributed by atoms with Crippen molar-refractivity contribution in [2.75, 3.05) is 26.9 Å². The van der Waals surface area contributed by atoms with Crippen molar-refractivity contribution in [1.29, 1.82) is 0 Å². The lowest BCUT2D eigenvalue weighted by molar-refractivity contribution is -0.132. The molecule has 0 aromatic heterocycles. The van der Waals surface area contributed by atoms with Gasteiger partial charge in [0, 0.05) is 20.3 Å². The second-order valence-corrected chi connectivity index (χ2v) is 3.38. The highest BCUT2D eigenvalue weighted by Crippen LogP contribution is 2.06. The summed E-state index contributed by atoms with van der Waals surface area (Å²) >= 11 is 0. The fourth-order valence-corrected chi connectivity index (χ4v) is 1.46. The summed E-state index contributed by atoms with van der Waals surface area (Å²) in [5, 5.41) is 2.85. The summed E-state index contributed by atoms with van der Waals surface area (Å²) in [6.07, 6.45) is 1.41. The minimum atomic E-state index is -0.545. The first-order valence-corrected chi connectivity index (χ1v) is 4.89. The molecule has 1 aliphatic heterocycles. The molecule has 5 nitrogen and oxygen atoms in total. The molecule has 14 heavy (non-hydrogen) atoms. The summed E-state index contributed by atoms with van der Waals surface area (Å²) in [7, 11) is 1.48. The van der Waals surface area contributed by atoms with E-state index in [-0.39, 0.29) is 18.5 Å². The van der Waals surface area contributed by atoms with Gasteiger partial charge in [-0.25, -0.2) is 0 Å². The first-order valence-electron chi connectivity index (χ1n) is 4.89. The Bertz CT molecular complexity index is 177. The maximum Gasteiger partial charge on any atom is 0.250 e. The summed E-state index contributed by atoms with van der Waals surface area (Å²) in [5.41, 5.74) is 5.37. The number of nitrogens with one attached hydrogen (secondary N) is 1. The van der Waals surface area contributed by atoms with Crippen LogP contribution in [0.1, 0.15) is 12.8 Å². The van der Waals surface area contributed by atoms with Gasteiger partial charge in [0.25, 0.3) is 5.91 Å². The zero-order chi connectivity index (χ0) is 10.4. The second kappa shape index (κ2) is 5.95. The molecule has 0 aromatic carbocycles. The number of carbonyl (C=O) groups is 1. The number of hydrogen-bond acceptors (Lipinski definition) is 4. The van der Waals surface area contributed by atoms with Gasteiger partial charge in [-0.1, -0.05) is 0 Å². The summed E-state index contributed by atoms with van der Waals surface area (Å²) in [4.78, 5) is 11.5. The lowest BCUT2D eigenvalue weighted by atomic mass is 10.1. The summed E-state index contributed by atoms with van der Waals surface area (Å²) < 4.78 is 10.2.